The zero-order valence-corrected chi connectivity index (χ0v) is 27.3. The number of nitrogens with zero attached hydrogens (tertiary/aromatic N) is 4. The first-order chi connectivity index (χ1) is 19.4. The Morgan fingerprint density at radius 1 is 0.575 bits per heavy atom. The van der Waals surface area contributed by atoms with Crippen molar-refractivity contribution in [3.63, 3.8) is 0 Å². The highest BCUT2D eigenvalue weighted by Crippen LogP contribution is 2.59. The number of hydrogen-bond acceptors (Lipinski definition) is 4. The lowest BCUT2D eigenvalue weighted by atomic mass is 10.2. The van der Waals surface area contributed by atoms with E-state index in [2.05, 4.69) is 0 Å². The first-order valence-corrected chi connectivity index (χ1v) is 18.4. The maximum absolute atomic E-state index is 14.6. The van der Waals surface area contributed by atoms with Crippen molar-refractivity contribution in [1.82, 2.24) is 18.7 Å². The van der Waals surface area contributed by atoms with Crippen LogP contribution in [0.5, 0.6) is 0 Å². The van der Waals surface area contributed by atoms with E-state index in [1.165, 1.54) is 0 Å². The molecule has 2 aromatic carbocycles. The van der Waals surface area contributed by atoms with Crippen molar-refractivity contribution in [2.75, 3.05) is 75.9 Å². The van der Waals surface area contributed by atoms with Crippen LogP contribution in [0.4, 0.5) is 0 Å². The van der Waals surface area contributed by atoms with Gasteiger partial charge in [0.2, 0.25) is 0 Å². The number of alkyl halides is 4. The van der Waals surface area contributed by atoms with E-state index in [1.54, 1.807) is 9.34 Å². The zero-order chi connectivity index (χ0) is 28.8. The third-order valence-electron chi connectivity index (χ3n) is 6.52. The van der Waals surface area contributed by atoms with Crippen LogP contribution < -0.4 is 0 Å². The Balaban J connectivity index is 1.81. The second-order valence-electron chi connectivity index (χ2n) is 9.07. The summed E-state index contributed by atoms with van der Waals surface area (Å²) in [5.41, 5.74) is 1.82. The molecular weight excluding hydrogens is 636 g/mol. The summed E-state index contributed by atoms with van der Waals surface area (Å²) in [5.74, 6) is 1.13. The molecule has 2 atom stereocenters. The Hall–Kier alpha value is -0.180. The maximum Gasteiger partial charge on any atom is 0.346 e. The summed E-state index contributed by atoms with van der Waals surface area (Å²) < 4.78 is 48.7. The van der Waals surface area contributed by atoms with Gasteiger partial charge in [0.1, 0.15) is 0 Å². The molecule has 0 bridgehead atoms. The predicted octanol–water partition coefficient (Wildman–Crippen LogP) is 6.81. The molecule has 3 rings (SSSR count). The molecule has 2 aromatic rings. The fraction of sp³-hybridized carbons (Fsp3) is 0.538. The molecule has 8 nitrogen and oxygen atoms in total. The molecule has 0 radical (unpaired) electrons. The highest BCUT2D eigenvalue weighted by molar-refractivity contribution is 7.54. The van der Waals surface area contributed by atoms with Crippen LogP contribution in [-0.4, -0.2) is 94.6 Å². The second-order valence-corrected chi connectivity index (χ2v) is 15.3. The van der Waals surface area contributed by atoms with E-state index in [0.717, 1.165) is 11.1 Å². The zero-order valence-electron chi connectivity index (χ0n) is 22.5. The molecule has 0 aromatic heterocycles. The normalized spacial score (nSPS) is 18.1. The van der Waals surface area contributed by atoms with Crippen molar-refractivity contribution in [3.05, 3.63) is 71.8 Å². The molecule has 0 unspecified atom stereocenters. The summed E-state index contributed by atoms with van der Waals surface area (Å²) in [5, 5.41) is 0. The maximum atomic E-state index is 14.6. The smallest absolute Gasteiger partial charge is 0.301 e. The number of benzene rings is 2. The molecular formula is C26H38Cl4N4O4P2. The van der Waals surface area contributed by atoms with Crippen molar-refractivity contribution < 1.29 is 18.2 Å². The van der Waals surface area contributed by atoms with Crippen LogP contribution in [0.25, 0.3) is 0 Å². The highest BCUT2D eigenvalue weighted by Gasteiger charge is 2.45. The van der Waals surface area contributed by atoms with E-state index < -0.39 is 15.3 Å². The summed E-state index contributed by atoms with van der Waals surface area (Å²) in [7, 11) is -7.02. The first-order valence-electron chi connectivity index (χ1n) is 13.2. The Bertz CT molecular complexity index is 987. The Kier molecular flexibility index (Phi) is 15.3. The van der Waals surface area contributed by atoms with Gasteiger partial charge in [0.25, 0.3) is 0 Å². The summed E-state index contributed by atoms with van der Waals surface area (Å²) in [6, 6.07) is 19.2. The average molecular weight is 674 g/mol. The first kappa shape index (κ1) is 34.3. The van der Waals surface area contributed by atoms with Gasteiger partial charge in [-0.05, 0) is 11.1 Å². The lowest BCUT2D eigenvalue weighted by Gasteiger charge is -2.45. The number of halogens is 4. The van der Waals surface area contributed by atoms with Gasteiger partial charge in [-0.25, -0.2) is 18.7 Å². The average Bonchev–Trinajstić information content (AvgIpc) is 2.99. The molecule has 0 aliphatic carbocycles. The van der Waals surface area contributed by atoms with Gasteiger partial charge >= 0.3 is 15.3 Å². The summed E-state index contributed by atoms with van der Waals surface area (Å²) >= 11 is 24.4. The fourth-order valence-electron chi connectivity index (χ4n) is 4.46. The Morgan fingerprint density at radius 3 is 1.15 bits per heavy atom. The van der Waals surface area contributed by atoms with Crippen LogP contribution in [0.2, 0.25) is 0 Å². The van der Waals surface area contributed by atoms with Crippen LogP contribution in [0.3, 0.4) is 0 Å². The summed E-state index contributed by atoms with van der Waals surface area (Å²) in [6.07, 6.45) is 0. The fourth-order valence-corrected chi connectivity index (χ4v) is 10.5. The van der Waals surface area contributed by atoms with Crippen LogP contribution in [-0.2, 0) is 31.4 Å². The minimum absolute atomic E-state index is 0.178. The topological polar surface area (TPSA) is 65.6 Å². The molecule has 1 aliphatic rings. The van der Waals surface area contributed by atoms with Gasteiger partial charge in [-0.1, -0.05) is 60.7 Å². The molecule has 1 saturated heterocycles. The van der Waals surface area contributed by atoms with Crippen molar-refractivity contribution >= 4 is 61.7 Å². The van der Waals surface area contributed by atoms with Gasteiger partial charge in [0.05, 0.1) is 13.2 Å². The molecule has 40 heavy (non-hydrogen) atoms. The van der Waals surface area contributed by atoms with Gasteiger partial charge in [0, 0.05) is 75.9 Å². The van der Waals surface area contributed by atoms with E-state index in [1.807, 2.05) is 70.0 Å². The van der Waals surface area contributed by atoms with Crippen LogP contribution in [0, 0.1) is 0 Å². The highest BCUT2D eigenvalue weighted by atomic mass is 35.5. The number of piperazine rings is 1. The third kappa shape index (κ3) is 9.41. The van der Waals surface area contributed by atoms with E-state index in [0.29, 0.717) is 52.4 Å². The van der Waals surface area contributed by atoms with Gasteiger partial charge in [-0.2, -0.15) is 0 Å². The van der Waals surface area contributed by atoms with E-state index in [9.17, 15) is 9.13 Å². The minimum Gasteiger partial charge on any atom is -0.301 e. The van der Waals surface area contributed by atoms with Crippen molar-refractivity contribution in [1.29, 1.82) is 0 Å². The molecule has 1 fully saturated rings. The van der Waals surface area contributed by atoms with E-state index >= 15 is 0 Å². The van der Waals surface area contributed by atoms with Crippen molar-refractivity contribution in [2.45, 2.75) is 13.2 Å². The van der Waals surface area contributed by atoms with Gasteiger partial charge in [0.15, 0.2) is 0 Å². The minimum atomic E-state index is -3.51. The molecule has 224 valence electrons. The molecule has 1 aliphatic heterocycles. The largest absolute Gasteiger partial charge is 0.346 e. The molecule has 0 amide bonds. The van der Waals surface area contributed by atoms with Crippen LogP contribution >= 0.6 is 61.7 Å². The molecule has 0 spiro atoms. The Morgan fingerprint density at radius 2 is 0.875 bits per heavy atom. The van der Waals surface area contributed by atoms with Gasteiger partial charge in [-0.3, -0.25) is 9.13 Å². The quantitative estimate of drug-likeness (QED) is 0.126. The molecule has 0 saturated carbocycles. The van der Waals surface area contributed by atoms with E-state index in [4.69, 9.17) is 55.5 Å². The van der Waals surface area contributed by atoms with Crippen molar-refractivity contribution in [3.8, 4) is 0 Å². The predicted molar refractivity (Wildman–Crippen MR) is 167 cm³/mol. The van der Waals surface area contributed by atoms with E-state index in [-0.39, 0.29) is 36.7 Å². The second kappa shape index (κ2) is 17.8. The lowest BCUT2D eigenvalue weighted by Crippen LogP contribution is -2.48. The monoisotopic (exact) mass is 672 g/mol. The lowest BCUT2D eigenvalue weighted by molar-refractivity contribution is 0.150. The summed E-state index contributed by atoms with van der Waals surface area (Å²) in [6.45, 7) is 3.19. The Labute approximate surface area is 258 Å². The summed E-state index contributed by atoms with van der Waals surface area (Å²) in [4.78, 5) is 0. The molecule has 0 N–H and O–H groups in total. The number of rotatable bonds is 18. The molecule has 14 heteroatoms. The molecule has 1 heterocycles. The van der Waals surface area contributed by atoms with Gasteiger partial charge < -0.3 is 9.05 Å². The standard InChI is InChI=1S/C26H38Cl4N4O4P2/c27-11-15-31(16-12-28)39(35,37-23-25-7-3-1-4-8-25)33-19-21-34(22-20-33)40(36,32(17-13-29)18-14-30)38-24-26-9-5-2-6-10-26/h1-10H,11-24H2/t39-,40-/m1/s1. The van der Waals surface area contributed by atoms with Crippen LogP contribution in [0.1, 0.15) is 11.1 Å². The number of hydrogen-bond donors (Lipinski definition) is 0. The van der Waals surface area contributed by atoms with Crippen LogP contribution in [0.15, 0.2) is 60.7 Å². The SMILES string of the molecule is O=[P@@](OCc1ccccc1)(N(CCCl)CCCl)N1CCN([P@](=O)(OCc2ccccc2)N(CCCl)CCCl)CC1. The third-order valence-corrected chi connectivity index (χ3v) is 12.6. The van der Waals surface area contributed by atoms with Gasteiger partial charge in [-0.15, -0.1) is 46.4 Å². The van der Waals surface area contributed by atoms with Crippen molar-refractivity contribution in [2.24, 2.45) is 0 Å².